The zero-order valence-corrected chi connectivity index (χ0v) is 14.8. The van der Waals surface area contributed by atoms with Gasteiger partial charge in [0.05, 0.1) is 4.90 Å². The van der Waals surface area contributed by atoms with Crippen LogP contribution in [0.2, 0.25) is 0 Å². The number of sulfonamides is 1. The normalized spacial score (nSPS) is 10.5. The fourth-order valence-electron chi connectivity index (χ4n) is 1.95. The molecule has 2 N–H and O–H groups in total. The van der Waals surface area contributed by atoms with E-state index in [1.54, 1.807) is 18.2 Å². The summed E-state index contributed by atoms with van der Waals surface area (Å²) in [6, 6.07) is 12.0. The summed E-state index contributed by atoms with van der Waals surface area (Å²) < 4.78 is 26.3. The van der Waals surface area contributed by atoms with Crippen LogP contribution < -0.4 is 10.0 Å². The Hall–Kier alpha value is -2.41. The van der Waals surface area contributed by atoms with Gasteiger partial charge in [0.25, 0.3) is 10.0 Å². The Balaban J connectivity index is 0.00000139. The summed E-state index contributed by atoms with van der Waals surface area (Å²) in [6.45, 7) is 4.00. The molecule has 0 radical (unpaired) electrons. The summed E-state index contributed by atoms with van der Waals surface area (Å²) in [4.78, 5) is 22.7. The third-order valence-electron chi connectivity index (χ3n) is 3.14. The van der Waals surface area contributed by atoms with Crippen LogP contribution in [0.5, 0.6) is 0 Å². The van der Waals surface area contributed by atoms with Crippen LogP contribution in [0.4, 0.5) is 0 Å². The molecule has 0 aromatic heterocycles. The van der Waals surface area contributed by atoms with Crippen molar-refractivity contribution in [2.24, 2.45) is 0 Å². The van der Waals surface area contributed by atoms with Gasteiger partial charge in [-0.05, 0) is 22.9 Å². The molecule has 6 nitrogen and oxygen atoms in total. The first kappa shape index (κ1) is 19.6. The first-order chi connectivity index (χ1) is 11.4. The maximum Gasteiger partial charge on any atom is 0.264 e. The van der Waals surface area contributed by atoms with E-state index in [-0.39, 0.29) is 23.6 Å². The van der Waals surface area contributed by atoms with Crippen molar-refractivity contribution in [2.45, 2.75) is 31.6 Å². The van der Waals surface area contributed by atoms with Gasteiger partial charge in [-0.25, -0.2) is 13.1 Å². The number of carbonyl (C=O) groups excluding carboxylic acids is 2. The Bertz CT molecular complexity index is 816. The summed E-state index contributed by atoms with van der Waals surface area (Å²) in [5.74, 6) is -1.03. The summed E-state index contributed by atoms with van der Waals surface area (Å²) in [5, 5.41) is 4.04. The number of hydrogen-bond acceptors (Lipinski definition) is 4. The molecule has 0 aliphatic heterocycles. The molecule has 0 atom stereocenters. The molecule has 0 unspecified atom stereocenters. The van der Waals surface area contributed by atoms with Crippen molar-refractivity contribution in [1.82, 2.24) is 10.0 Å². The smallest absolute Gasteiger partial charge is 0.264 e. The minimum Gasteiger partial charge on any atom is -0.359 e. The molecule has 0 spiro atoms. The topological polar surface area (TPSA) is 92.3 Å². The van der Waals surface area contributed by atoms with Gasteiger partial charge in [0, 0.05) is 19.9 Å². The van der Waals surface area contributed by atoms with Gasteiger partial charge in [-0.1, -0.05) is 44.2 Å². The van der Waals surface area contributed by atoms with E-state index in [0.717, 1.165) is 10.8 Å². The molecule has 7 heteroatoms. The predicted octanol–water partition coefficient (Wildman–Crippen LogP) is 2.20. The van der Waals surface area contributed by atoms with Gasteiger partial charge >= 0.3 is 0 Å². The van der Waals surface area contributed by atoms with Gasteiger partial charge < -0.3 is 5.32 Å². The van der Waals surface area contributed by atoms with Crippen LogP contribution in [-0.4, -0.2) is 27.3 Å². The molecule has 130 valence electrons. The van der Waals surface area contributed by atoms with E-state index in [4.69, 9.17) is 0 Å². The molecule has 2 amide bonds. The second kappa shape index (κ2) is 9.02. The molecule has 0 fully saturated rings. The Labute approximate surface area is 142 Å². The number of benzene rings is 2. The molecule has 0 saturated heterocycles. The lowest BCUT2D eigenvalue weighted by Gasteiger charge is -2.08. The van der Waals surface area contributed by atoms with Gasteiger partial charge in [-0.2, -0.15) is 0 Å². The quantitative estimate of drug-likeness (QED) is 0.864. The predicted molar refractivity (Wildman–Crippen MR) is 93.9 cm³/mol. The summed E-state index contributed by atoms with van der Waals surface area (Å²) in [7, 11) is -2.49. The molecular weight excluding hydrogens is 328 g/mol. The fraction of sp³-hybridized carbons (Fsp3) is 0.294. The highest BCUT2D eigenvalue weighted by atomic mass is 32.2. The third-order valence-corrected chi connectivity index (χ3v) is 4.51. The van der Waals surface area contributed by atoms with E-state index in [1.165, 1.54) is 19.2 Å². The first-order valence-electron chi connectivity index (χ1n) is 7.67. The van der Waals surface area contributed by atoms with E-state index in [1.807, 2.05) is 30.7 Å². The number of hydrogen-bond donors (Lipinski definition) is 2. The number of carbonyl (C=O) groups is 2. The van der Waals surface area contributed by atoms with Gasteiger partial charge in [0.1, 0.15) is 0 Å². The summed E-state index contributed by atoms with van der Waals surface area (Å²) >= 11 is 0. The van der Waals surface area contributed by atoms with Crippen LogP contribution in [-0.2, 0) is 19.6 Å². The highest BCUT2D eigenvalue weighted by molar-refractivity contribution is 7.90. The maximum absolute atomic E-state index is 12.2. The van der Waals surface area contributed by atoms with Crippen LogP contribution >= 0.6 is 0 Å². The molecule has 0 heterocycles. The van der Waals surface area contributed by atoms with Crippen LogP contribution in [0, 0.1) is 0 Å². The van der Waals surface area contributed by atoms with Crippen molar-refractivity contribution < 1.29 is 18.0 Å². The van der Waals surface area contributed by atoms with E-state index >= 15 is 0 Å². The van der Waals surface area contributed by atoms with Crippen molar-refractivity contribution in [1.29, 1.82) is 0 Å². The van der Waals surface area contributed by atoms with Crippen molar-refractivity contribution in [3.63, 3.8) is 0 Å². The van der Waals surface area contributed by atoms with Gasteiger partial charge in [0.15, 0.2) is 0 Å². The van der Waals surface area contributed by atoms with Crippen molar-refractivity contribution in [2.75, 3.05) is 7.05 Å². The van der Waals surface area contributed by atoms with E-state index < -0.39 is 15.9 Å². The molecule has 0 aliphatic carbocycles. The lowest BCUT2D eigenvalue weighted by atomic mass is 10.1. The summed E-state index contributed by atoms with van der Waals surface area (Å²) in [5.41, 5.74) is 0. The Morgan fingerprint density at radius 3 is 2.12 bits per heavy atom. The van der Waals surface area contributed by atoms with Gasteiger partial charge in [-0.15, -0.1) is 0 Å². The van der Waals surface area contributed by atoms with E-state index in [2.05, 4.69) is 5.32 Å². The van der Waals surface area contributed by atoms with Gasteiger partial charge in [-0.3, -0.25) is 9.59 Å². The molecular formula is C17H22N2O4S. The average Bonchev–Trinajstić information content (AvgIpc) is 2.60. The second-order valence-corrected chi connectivity index (χ2v) is 6.39. The lowest BCUT2D eigenvalue weighted by Crippen LogP contribution is -2.31. The fourth-order valence-corrected chi connectivity index (χ4v) is 3.00. The Morgan fingerprint density at radius 1 is 0.917 bits per heavy atom. The highest BCUT2D eigenvalue weighted by Gasteiger charge is 2.18. The zero-order valence-electron chi connectivity index (χ0n) is 14.0. The summed E-state index contributed by atoms with van der Waals surface area (Å²) in [6.07, 6.45) is -0.248. The monoisotopic (exact) mass is 350 g/mol. The number of fused-ring (bicyclic) bond motifs is 1. The molecule has 0 aliphatic rings. The SMILES string of the molecule is CC.CNC(=O)CCC(=O)NS(=O)(=O)c1ccc2ccccc2c1. The van der Waals surface area contributed by atoms with Crippen molar-refractivity contribution in [3.05, 3.63) is 42.5 Å². The van der Waals surface area contributed by atoms with E-state index in [0.29, 0.717) is 0 Å². The molecule has 0 bridgehead atoms. The molecule has 2 rings (SSSR count). The standard InChI is InChI=1S/C15H16N2O4S.C2H6/c1-16-14(18)8-9-15(19)17-22(20,21)13-7-6-11-4-2-3-5-12(11)10-13;1-2/h2-7,10H,8-9H2,1H3,(H,16,18)(H,17,19);1-2H3. The van der Waals surface area contributed by atoms with Crippen LogP contribution in [0.1, 0.15) is 26.7 Å². The zero-order chi connectivity index (χ0) is 18.2. The molecule has 2 aromatic carbocycles. The molecule has 0 saturated carbocycles. The van der Waals surface area contributed by atoms with Crippen LogP contribution in [0.3, 0.4) is 0 Å². The average molecular weight is 350 g/mol. The highest BCUT2D eigenvalue weighted by Crippen LogP contribution is 2.18. The van der Waals surface area contributed by atoms with Crippen LogP contribution in [0.25, 0.3) is 10.8 Å². The van der Waals surface area contributed by atoms with Crippen molar-refractivity contribution >= 4 is 32.6 Å². The number of rotatable bonds is 5. The van der Waals surface area contributed by atoms with Crippen molar-refractivity contribution in [3.8, 4) is 0 Å². The second-order valence-electron chi connectivity index (χ2n) is 4.71. The molecule has 24 heavy (non-hydrogen) atoms. The lowest BCUT2D eigenvalue weighted by molar-refractivity contribution is -0.125. The van der Waals surface area contributed by atoms with E-state index in [9.17, 15) is 18.0 Å². The number of nitrogens with one attached hydrogen (secondary N) is 2. The van der Waals surface area contributed by atoms with Crippen LogP contribution in [0.15, 0.2) is 47.4 Å². The maximum atomic E-state index is 12.2. The third kappa shape index (κ3) is 5.34. The largest absolute Gasteiger partial charge is 0.359 e. The Kier molecular flexibility index (Phi) is 7.38. The van der Waals surface area contributed by atoms with Gasteiger partial charge in [0.2, 0.25) is 11.8 Å². The first-order valence-corrected chi connectivity index (χ1v) is 9.16. The Morgan fingerprint density at radius 2 is 1.50 bits per heavy atom. The minimum atomic E-state index is -3.94. The molecule has 2 aromatic rings. The minimum absolute atomic E-state index is 0.0134. The number of amides is 2.